The molecule has 26 heavy (non-hydrogen) atoms. The molecule has 0 bridgehead atoms. The van der Waals surface area contributed by atoms with Crippen molar-refractivity contribution in [2.24, 2.45) is 0 Å². The highest BCUT2D eigenvalue weighted by atomic mass is 32.2. The van der Waals surface area contributed by atoms with Crippen molar-refractivity contribution in [1.82, 2.24) is 0 Å². The fraction of sp³-hybridized carbons (Fsp3) is 0.280. The molecule has 0 saturated heterocycles. The van der Waals surface area contributed by atoms with Gasteiger partial charge >= 0.3 is 0 Å². The Balaban J connectivity index is 2.06. The Morgan fingerprint density at radius 1 is 0.577 bits per heavy atom. The molecule has 0 aliphatic heterocycles. The normalized spacial score (nSPS) is 12.2. The van der Waals surface area contributed by atoms with Gasteiger partial charge in [0.05, 0.1) is 4.75 Å². The van der Waals surface area contributed by atoms with Crippen LogP contribution < -0.4 is 0 Å². The van der Waals surface area contributed by atoms with E-state index in [0.29, 0.717) is 0 Å². The van der Waals surface area contributed by atoms with Crippen LogP contribution in [-0.2, 0) is 4.75 Å². The average Bonchev–Trinajstić information content (AvgIpc) is 2.73. The minimum absolute atomic E-state index is 0.0456. The summed E-state index contributed by atoms with van der Waals surface area (Å²) in [5, 5.41) is 0. The maximum Gasteiger partial charge on any atom is 0.0709 e. The molecule has 3 aromatic rings. The van der Waals surface area contributed by atoms with Crippen molar-refractivity contribution in [3.63, 3.8) is 0 Å². The van der Waals surface area contributed by atoms with E-state index < -0.39 is 0 Å². The molecule has 0 heterocycles. The molecule has 0 fully saturated rings. The van der Waals surface area contributed by atoms with Gasteiger partial charge in [-0.15, -0.1) is 0 Å². The fourth-order valence-electron chi connectivity index (χ4n) is 3.70. The van der Waals surface area contributed by atoms with E-state index in [1.165, 1.54) is 48.1 Å². The maximum absolute atomic E-state index is 2.30. The molecule has 0 N–H and O–H groups in total. The molecule has 0 spiro atoms. The Hall–Kier alpha value is -1.99. The smallest absolute Gasteiger partial charge is 0.0709 e. The molecule has 0 radical (unpaired) electrons. The fourth-order valence-corrected chi connectivity index (χ4v) is 5.61. The molecule has 136 valence electrons. The van der Waals surface area contributed by atoms with Crippen molar-refractivity contribution < 1.29 is 0 Å². The predicted molar refractivity (Wildman–Crippen MR) is 119 cm³/mol. The number of benzene rings is 3. The quantitative estimate of drug-likeness (QED) is 0.291. The lowest BCUT2D eigenvalue weighted by molar-refractivity contribution is 0.704. The van der Waals surface area contributed by atoms with Gasteiger partial charge in [0.15, 0.2) is 0 Å². The number of hydrogen-bond acceptors (Lipinski definition) is 0. The number of hydrogen-bond donors (Lipinski definition) is 0. The molecule has 3 aromatic carbocycles. The monoisotopic (exact) mass is 362 g/mol. The van der Waals surface area contributed by atoms with E-state index in [-0.39, 0.29) is 4.75 Å². The molecule has 0 aromatic heterocycles. The van der Waals surface area contributed by atoms with Crippen LogP contribution in [-0.4, -0.2) is 5.75 Å². The molecule has 0 aliphatic carbocycles. The summed E-state index contributed by atoms with van der Waals surface area (Å²) in [6, 6.07) is 33.3. The van der Waals surface area contributed by atoms with Gasteiger partial charge in [-0.2, -0.15) is 0 Å². The first kappa shape index (κ1) is 18.8. The van der Waals surface area contributed by atoms with E-state index >= 15 is 0 Å². The van der Waals surface area contributed by atoms with Crippen molar-refractivity contribution in [2.45, 2.75) is 37.4 Å². The topological polar surface area (TPSA) is 0 Å². The van der Waals surface area contributed by atoms with Gasteiger partial charge < -0.3 is 0 Å². The highest BCUT2D eigenvalue weighted by Crippen LogP contribution is 2.48. The van der Waals surface area contributed by atoms with E-state index in [1.54, 1.807) is 0 Å². The van der Waals surface area contributed by atoms with Crippen LogP contribution in [0.2, 0.25) is 0 Å². The lowest BCUT2D eigenvalue weighted by atomic mass is 9.84. The van der Waals surface area contributed by atoms with E-state index in [2.05, 4.69) is 97.9 Å². The second-order valence-electron chi connectivity index (χ2n) is 6.84. The van der Waals surface area contributed by atoms with Gasteiger partial charge in [-0.25, -0.2) is 11.8 Å². The zero-order chi connectivity index (χ0) is 18.1. The Labute approximate surface area is 162 Å². The minimum atomic E-state index is -0.0456. The van der Waals surface area contributed by atoms with E-state index in [0.717, 1.165) is 11.8 Å². The largest absolute Gasteiger partial charge is 0.249 e. The van der Waals surface area contributed by atoms with Crippen molar-refractivity contribution in [3.8, 4) is 0 Å². The van der Waals surface area contributed by atoms with Gasteiger partial charge in [0.25, 0.3) is 0 Å². The standard InChI is InChI=1S/C25H30S/c1-2-3-4-14-21-26-25(22-15-8-5-9-16-22,23-17-10-6-11-18-23)24-19-12-7-13-20-24/h5-13,15-20H,2-4,14,21,26H2,1H3. The van der Waals surface area contributed by atoms with Crippen LogP contribution in [0.5, 0.6) is 0 Å². The van der Waals surface area contributed by atoms with Crippen LogP contribution in [0, 0.1) is 0 Å². The first-order chi connectivity index (χ1) is 12.9. The van der Waals surface area contributed by atoms with E-state index in [1.807, 2.05) is 0 Å². The lowest BCUT2D eigenvalue weighted by Crippen LogP contribution is -2.26. The van der Waals surface area contributed by atoms with Crippen molar-refractivity contribution in [2.75, 3.05) is 5.75 Å². The van der Waals surface area contributed by atoms with Crippen LogP contribution in [0.3, 0.4) is 0 Å². The highest BCUT2D eigenvalue weighted by Gasteiger charge is 2.34. The van der Waals surface area contributed by atoms with Crippen molar-refractivity contribution in [1.29, 1.82) is 0 Å². The molecule has 1 heteroatoms. The van der Waals surface area contributed by atoms with Gasteiger partial charge in [-0.1, -0.05) is 117 Å². The zero-order valence-corrected chi connectivity index (χ0v) is 16.7. The molecule has 0 unspecified atom stereocenters. The number of unbranched alkanes of at least 4 members (excludes halogenated alkanes) is 3. The highest BCUT2D eigenvalue weighted by molar-refractivity contribution is 8.00. The van der Waals surface area contributed by atoms with Crippen LogP contribution >= 0.6 is 11.8 Å². The summed E-state index contributed by atoms with van der Waals surface area (Å²) >= 11 is 0.837. The van der Waals surface area contributed by atoms with Crippen LogP contribution in [0.15, 0.2) is 91.0 Å². The molecular formula is C25H30S. The summed E-state index contributed by atoms with van der Waals surface area (Å²) in [4.78, 5) is 0. The van der Waals surface area contributed by atoms with Gasteiger partial charge in [-0.3, -0.25) is 0 Å². The van der Waals surface area contributed by atoms with Gasteiger partial charge in [0.2, 0.25) is 0 Å². The average molecular weight is 363 g/mol. The summed E-state index contributed by atoms with van der Waals surface area (Å²) in [5.74, 6) is 1.28. The zero-order valence-electron chi connectivity index (χ0n) is 15.7. The summed E-state index contributed by atoms with van der Waals surface area (Å²) < 4.78 is -0.0456. The molecule has 0 saturated carbocycles. The van der Waals surface area contributed by atoms with Gasteiger partial charge in [0, 0.05) is 0 Å². The van der Waals surface area contributed by atoms with E-state index in [9.17, 15) is 0 Å². The predicted octanol–water partition coefficient (Wildman–Crippen LogP) is 6.76. The van der Waals surface area contributed by atoms with Gasteiger partial charge in [-0.05, 0) is 28.9 Å². The Bertz CT molecular complexity index is 653. The Morgan fingerprint density at radius 2 is 1.00 bits per heavy atom. The Morgan fingerprint density at radius 3 is 1.38 bits per heavy atom. The third kappa shape index (κ3) is 4.22. The third-order valence-corrected chi connectivity index (χ3v) is 7.04. The molecule has 0 amide bonds. The SMILES string of the molecule is CCCCCC[SH2]C(c1ccccc1)(c1ccccc1)c1ccccc1. The molecule has 0 aliphatic rings. The Kier molecular flexibility index (Phi) is 6.96. The molecule has 0 nitrogen and oxygen atoms in total. The summed E-state index contributed by atoms with van der Waals surface area (Å²) in [6.45, 7) is 2.28. The second-order valence-corrected chi connectivity index (χ2v) is 8.44. The summed E-state index contributed by atoms with van der Waals surface area (Å²) in [7, 11) is 0. The summed E-state index contributed by atoms with van der Waals surface area (Å²) in [6.07, 6.45) is 5.31. The first-order valence-corrected chi connectivity index (χ1v) is 11.0. The van der Waals surface area contributed by atoms with Crippen LogP contribution in [0.4, 0.5) is 0 Å². The maximum atomic E-state index is 2.30. The van der Waals surface area contributed by atoms with Crippen LogP contribution in [0.25, 0.3) is 0 Å². The number of rotatable bonds is 9. The van der Waals surface area contributed by atoms with Crippen molar-refractivity contribution in [3.05, 3.63) is 108 Å². The summed E-state index contributed by atoms with van der Waals surface area (Å²) in [5.41, 5.74) is 4.23. The lowest BCUT2D eigenvalue weighted by Gasteiger charge is -2.37. The third-order valence-electron chi connectivity index (χ3n) is 5.04. The minimum Gasteiger partial charge on any atom is -0.249 e. The molecular weight excluding hydrogens is 332 g/mol. The van der Waals surface area contributed by atoms with Gasteiger partial charge in [0.1, 0.15) is 0 Å². The molecule has 0 atom stereocenters. The van der Waals surface area contributed by atoms with E-state index in [4.69, 9.17) is 0 Å². The van der Waals surface area contributed by atoms with Crippen molar-refractivity contribution >= 4 is 11.8 Å². The van der Waals surface area contributed by atoms with Crippen LogP contribution in [0.1, 0.15) is 49.3 Å². The second kappa shape index (κ2) is 9.64. The molecule has 3 rings (SSSR count). The first-order valence-electron chi connectivity index (χ1n) is 9.79.